The normalized spacial score (nSPS) is 17.7. The van der Waals surface area contributed by atoms with Crippen LogP contribution in [0, 0.1) is 0 Å². The second kappa shape index (κ2) is 4.68. The number of primary amides is 1. The summed E-state index contributed by atoms with van der Waals surface area (Å²) in [6, 6.07) is 3.62. The van der Waals surface area contributed by atoms with Crippen molar-refractivity contribution in [3.8, 4) is 0 Å². The Morgan fingerprint density at radius 2 is 2.05 bits per heavy atom. The molecule has 1 aromatic rings. The Morgan fingerprint density at radius 3 is 2.47 bits per heavy atom. The number of hydrogen-bond donors (Lipinski definition) is 1. The second-order valence-electron chi connectivity index (χ2n) is 4.10. The summed E-state index contributed by atoms with van der Waals surface area (Å²) in [4.78, 5) is 10.9. The van der Waals surface area contributed by atoms with Gasteiger partial charge in [0.05, 0.1) is 18.8 Å². The number of hydrogen-bond acceptors (Lipinski definition) is 3. The van der Waals surface area contributed by atoms with Crippen LogP contribution in [0.4, 0.5) is 18.0 Å². The lowest BCUT2D eigenvalue weighted by Crippen LogP contribution is -2.52. The van der Waals surface area contributed by atoms with Crippen molar-refractivity contribution >= 4 is 22.0 Å². The largest absolute Gasteiger partial charge is 0.433 e. The molecule has 2 N–H and O–H groups in total. The molecule has 0 saturated carbocycles. The van der Waals surface area contributed by atoms with Crippen molar-refractivity contribution in [2.24, 2.45) is 5.73 Å². The summed E-state index contributed by atoms with van der Waals surface area (Å²) in [6.45, 7) is -0.304. The number of rotatable bonds is 2. The molecule has 1 fully saturated rings. The van der Waals surface area contributed by atoms with E-state index in [1.807, 2.05) is 0 Å². The Hall–Kier alpha value is -1.28. The SMILES string of the molecule is NC(=O)OC1(c2ccc(Br)cc2C(F)(F)F)COC1. The average molecular weight is 340 g/mol. The molecule has 0 atom stereocenters. The second-order valence-corrected chi connectivity index (χ2v) is 5.01. The van der Waals surface area contributed by atoms with Gasteiger partial charge in [-0.1, -0.05) is 22.0 Å². The number of carbonyl (C=O) groups excluding carboxylic acids is 1. The van der Waals surface area contributed by atoms with E-state index < -0.39 is 23.4 Å². The van der Waals surface area contributed by atoms with Crippen molar-refractivity contribution in [1.29, 1.82) is 0 Å². The van der Waals surface area contributed by atoms with Gasteiger partial charge in [-0.3, -0.25) is 0 Å². The smallest absolute Gasteiger partial charge is 0.416 e. The number of alkyl halides is 3. The quantitative estimate of drug-likeness (QED) is 0.901. The highest BCUT2D eigenvalue weighted by atomic mass is 79.9. The first-order chi connectivity index (χ1) is 8.74. The van der Waals surface area contributed by atoms with Crippen LogP contribution in [-0.2, 0) is 21.3 Å². The highest BCUT2D eigenvalue weighted by molar-refractivity contribution is 9.10. The third kappa shape index (κ3) is 2.69. The number of halogens is 4. The van der Waals surface area contributed by atoms with E-state index in [4.69, 9.17) is 15.2 Å². The highest BCUT2D eigenvalue weighted by Gasteiger charge is 2.49. The summed E-state index contributed by atoms with van der Waals surface area (Å²) in [5.41, 5.74) is 2.40. The maximum Gasteiger partial charge on any atom is 0.416 e. The van der Waals surface area contributed by atoms with Crippen molar-refractivity contribution in [3.05, 3.63) is 33.8 Å². The van der Waals surface area contributed by atoms with E-state index in [0.717, 1.165) is 6.07 Å². The van der Waals surface area contributed by atoms with Gasteiger partial charge >= 0.3 is 12.3 Å². The Balaban J connectivity index is 2.52. The molecule has 104 valence electrons. The topological polar surface area (TPSA) is 61.6 Å². The minimum Gasteiger partial charge on any atom is -0.433 e. The lowest BCUT2D eigenvalue weighted by Gasteiger charge is -2.41. The minimum atomic E-state index is -4.57. The predicted molar refractivity (Wildman–Crippen MR) is 62.3 cm³/mol. The van der Waals surface area contributed by atoms with Gasteiger partial charge in [0.1, 0.15) is 0 Å². The van der Waals surface area contributed by atoms with Gasteiger partial charge in [-0.05, 0) is 12.1 Å². The molecule has 0 aliphatic carbocycles. The van der Waals surface area contributed by atoms with Gasteiger partial charge < -0.3 is 15.2 Å². The maximum absolute atomic E-state index is 13.0. The van der Waals surface area contributed by atoms with Crippen LogP contribution in [0.25, 0.3) is 0 Å². The van der Waals surface area contributed by atoms with Crippen molar-refractivity contribution in [1.82, 2.24) is 0 Å². The summed E-state index contributed by atoms with van der Waals surface area (Å²) in [5, 5.41) is 0. The van der Waals surface area contributed by atoms with Crippen LogP contribution in [0.15, 0.2) is 22.7 Å². The third-order valence-corrected chi connectivity index (χ3v) is 3.24. The molecule has 0 aromatic heterocycles. The summed E-state index contributed by atoms with van der Waals surface area (Å²) in [6.07, 6.45) is -5.71. The van der Waals surface area contributed by atoms with E-state index in [9.17, 15) is 18.0 Å². The molecule has 1 heterocycles. The Kier molecular flexibility index (Phi) is 3.48. The van der Waals surface area contributed by atoms with Gasteiger partial charge in [-0.15, -0.1) is 0 Å². The van der Waals surface area contributed by atoms with Crippen LogP contribution in [-0.4, -0.2) is 19.3 Å². The van der Waals surface area contributed by atoms with Gasteiger partial charge in [-0.25, -0.2) is 4.79 Å². The first-order valence-electron chi connectivity index (χ1n) is 5.18. The molecular formula is C11H9BrF3NO3. The van der Waals surface area contributed by atoms with E-state index in [-0.39, 0.29) is 23.2 Å². The van der Waals surface area contributed by atoms with Crippen LogP contribution < -0.4 is 5.73 Å². The monoisotopic (exact) mass is 339 g/mol. The van der Waals surface area contributed by atoms with Crippen molar-refractivity contribution in [2.75, 3.05) is 13.2 Å². The zero-order valence-corrected chi connectivity index (χ0v) is 11.0. The van der Waals surface area contributed by atoms with E-state index in [1.165, 1.54) is 12.1 Å². The van der Waals surface area contributed by atoms with Gasteiger partial charge in [0.25, 0.3) is 0 Å². The number of nitrogens with two attached hydrogens (primary N) is 1. The molecule has 1 saturated heterocycles. The fourth-order valence-corrected chi connectivity index (χ4v) is 2.26. The minimum absolute atomic E-state index is 0.152. The van der Waals surface area contributed by atoms with E-state index >= 15 is 0 Å². The van der Waals surface area contributed by atoms with Gasteiger partial charge in [0.2, 0.25) is 0 Å². The lowest BCUT2D eigenvalue weighted by atomic mass is 9.87. The predicted octanol–water partition coefficient (Wildman–Crippen LogP) is 2.79. The summed E-state index contributed by atoms with van der Waals surface area (Å²) in [7, 11) is 0. The Morgan fingerprint density at radius 1 is 1.42 bits per heavy atom. The van der Waals surface area contributed by atoms with Crippen LogP contribution in [0.2, 0.25) is 0 Å². The molecule has 1 amide bonds. The fraction of sp³-hybridized carbons (Fsp3) is 0.364. The number of ether oxygens (including phenoxy) is 2. The maximum atomic E-state index is 13.0. The van der Waals surface area contributed by atoms with Crippen LogP contribution in [0.3, 0.4) is 0 Å². The molecule has 1 aromatic carbocycles. The van der Waals surface area contributed by atoms with Crippen molar-refractivity contribution in [3.63, 3.8) is 0 Å². The Labute approximate surface area is 114 Å². The Bertz CT molecular complexity index is 514. The molecular weight excluding hydrogens is 331 g/mol. The highest BCUT2D eigenvalue weighted by Crippen LogP contribution is 2.42. The molecule has 2 rings (SSSR count). The van der Waals surface area contributed by atoms with Crippen LogP contribution in [0.5, 0.6) is 0 Å². The van der Waals surface area contributed by atoms with Crippen molar-refractivity contribution < 1.29 is 27.4 Å². The molecule has 8 heteroatoms. The zero-order chi connectivity index (χ0) is 14.3. The molecule has 0 spiro atoms. The molecule has 1 aliphatic heterocycles. The van der Waals surface area contributed by atoms with Crippen LogP contribution >= 0.6 is 15.9 Å². The molecule has 19 heavy (non-hydrogen) atoms. The molecule has 4 nitrogen and oxygen atoms in total. The molecule has 0 unspecified atom stereocenters. The van der Waals surface area contributed by atoms with Gasteiger partial charge in [0.15, 0.2) is 5.60 Å². The summed E-state index contributed by atoms with van der Waals surface area (Å²) in [5.74, 6) is 0. The first kappa shape index (κ1) is 14.1. The number of carbonyl (C=O) groups is 1. The van der Waals surface area contributed by atoms with Crippen LogP contribution in [0.1, 0.15) is 11.1 Å². The van der Waals surface area contributed by atoms with Gasteiger partial charge in [0, 0.05) is 10.0 Å². The van der Waals surface area contributed by atoms with Gasteiger partial charge in [-0.2, -0.15) is 13.2 Å². The molecule has 1 aliphatic rings. The fourth-order valence-electron chi connectivity index (χ4n) is 1.90. The summed E-state index contributed by atoms with van der Waals surface area (Å²) >= 11 is 2.98. The lowest BCUT2D eigenvalue weighted by molar-refractivity contribution is -0.190. The zero-order valence-electron chi connectivity index (χ0n) is 9.46. The van der Waals surface area contributed by atoms with Crippen molar-refractivity contribution in [2.45, 2.75) is 11.8 Å². The molecule has 0 radical (unpaired) electrons. The van der Waals surface area contributed by atoms with E-state index in [1.54, 1.807) is 0 Å². The summed E-state index contributed by atoms with van der Waals surface area (Å²) < 4.78 is 49.1. The first-order valence-corrected chi connectivity index (χ1v) is 5.97. The standard InChI is InChI=1S/C11H9BrF3NO3/c12-6-1-2-7(8(3-6)11(13,14)15)10(4-18-5-10)19-9(16)17/h1-3H,4-5H2,(H2,16,17). The molecule has 0 bridgehead atoms. The van der Waals surface area contributed by atoms with E-state index in [2.05, 4.69) is 15.9 Å². The average Bonchev–Trinajstić information content (AvgIpc) is 2.22. The third-order valence-electron chi connectivity index (χ3n) is 2.74. The number of amides is 1. The van der Waals surface area contributed by atoms with E-state index in [0.29, 0.717) is 0 Å². The number of benzene rings is 1.